The zero-order valence-electron chi connectivity index (χ0n) is 42.8. The van der Waals surface area contributed by atoms with E-state index >= 15 is 0 Å². The molecule has 6 rings (SSSR count). The maximum atomic E-state index is 13.1. The summed E-state index contributed by atoms with van der Waals surface area (Å²) in [5, 5.41) is 7.70. The van der Waals surface area contributed by atoms with E-state index in [0.29, 0.717) is 85.9 Å². The lowest BCUT2D eigenvalue weighted by atomic mass is 9.85. The molecule has 2 aliphatic rings. The van der Waals surface area contributed by atoms with Gasteiger partial charge in [-0.1, -0.05) is 70.7 Å². The van der Waals surface area contributed by atoms with Gasteiger partial charge in [0.15, 0.2) is 0 Å². The number of halogens is 4. The second-order valence-corrected chi connectivity index (χ2v) is 23.4. The lowest BCUT2D eigenvalue weighted by Crippen LogP contribution is -2.31. The van der Waals surface area contributed by atoms with E-state index in [2.05, 4.69) is 29.9 Å². The van der Waals surface area contributed by atoms with Gasteiger partial charge in [-0.05, 0) is 96.0 Å². The minimum absolute atomic E-state index is 0.0290. The van der Waals surface area contributed by atoms with Crippen molar-refractivity contribution in [2.24, 2.45) is 0 Å². The highest BCUT2D eigenvalue weighted by molar-refractivity contribution is 7.89. The molecule has 0 aromatic heterocycles. The monoisotopic (exact) mass is 1170 g/mol. The highest BCUT2D eigenvalue weighted by atomic mass is 35.5. The second-order valence-electron chi connectivity index (χ2n) is 18.2. The van der Waals surface area contributed by atoms with Crippen molar-refractivity contribution in [3.8, 4) is 0 Å². The molecule has 4 aromatic carbocycles. The molecule has 0 fully saturated rings. The number of fused-ring (bicyclic) bond motifs is 2. The van der Waals surface area contributed by atoms with Crippen molar-refractivity contribution >= 4 is 78.3 Å². The minimum atomic E-state index is -3.79. The minimum Gasteiger partial charge on any atom is -0.378 e. The largest absolute Gasteiger partial charge is 0.378 e. The fraction of sp³-hybridized carbons (Fsp3) is 0.500. The first kappa shape index (κ1) is 61.7. The quantitative estimate of drug-likeness (QED) is 0.0414. The van der Waals surface area contributed by atoms with Gasteiger partial charge >= 0.3 is 0 Å². The molecule has 2 unspecified atom stereocenters. The molecule has 0 saturated carbocycles. The highest BCUT2D eigenvalue weighted by Gasteiger charge is 2.30. The van der Waals surface area contributed by atoms with Gasteiger partial charge in [0.05, 0.1) is 89.1 Å². The number of ether oxygens (including phenoxy) is 6. The number of sulfonamides is 2. The molecule has 4 aromatic rings. The van der Waals surface area contributed by atoms with Gasteiger partial charge in [-0.3, -0.25) is 9.59 Å². The Morgan fingerprint density at radius 1 is 0.500 bits per heavy atom. The lowest BCUT2D eigenvalue weighted by Gasteiger charge is -2.33. The molecule has 76 heavy (non-hydrogen) atoms. The molecule has 0 radical (unpaired) electrons. The van der Waals surface area contributed by atoms with E-state index in [4.69, 9.17) is 74.8 Å². The molecule has 0 spiro atoms. The molecule has 0 aliphatic carbocycles. The summed E-state index contributed by atoms with van der Waals surface area (Å²) in [6, 6.07) is 21.1. The number of benzene rings is 4. The average molecular weight is 1180 g/mol. The summed E-state index contributed by atoms with van der Waals surface area (Å²) in [5.74, 6) is -0.731. The van der Waals surface area contributed by atoms with Gasteiger partial charge in [-0.15, -0.1) is 0 Å². The molecule has 0 saturated heterocycles. The first-order chi connectivity index (χ1) is 36.5. The number of carbonyl (C=O) groups excluding carboxylic acids is 2. The lowest BCUT2D eigenvalue weighted by molar-refractivity contribution is -0.126. The normalized spacial score (nSPS) is 16.1. The summed E-state index contributed by atoms with van der Waals surface area (Å²) >= 11 is 25.7. The van der Waals surface area contributed by atoms with Crippen LogP contribution in [0.3, 0.4) is 0 Å². The van der Waals surface area contributed by atoms with E-state index in [1.165, 1.54) is 0 Å². The number of amides is 2. The number of likely N-dealkylation sites (N-methyl/N-ethyl adjacent to an activating group) is 2. The molecular weight excluding hydrogens is 1110 g/mol. The third-order valence-electron chi connectivity index (χ3n) is 12.4. The molecule has 2 atom stereocenters. The Balaban J connectivity index is 0.693. The van der Waals surface area contributed by atoms with Crippen LogP contribution in [0.15, 0.2) is 82.6 Å². The van der Waals surface area contributed by atoms with Crippen LogP contribution in [0.1, 0.15) is 58.1 Å². The summed E-state index contributed by atoms with van der Waals surface area (Å²) in [6.45, 7) is 6.68. The van der Waals surface area contributed by atoms with Crippen LogP contribution in [-0.2, 0) is 71.1 Å². The number of hydrogen-bond acceptors (Lipinski definition) is 14. The molecule has 2 amide bonds. The Labute approximate surface area is 466 Å². The molecule has 418 valence electrons. The van der Waals surface area contributed by atoms with E-state index in [-0.39, 0.29) is 112 Å². The average Bonchev–Trinajstić information content (AvgIpc) is 3.40. The number of rotatable bonds is 33. The Bertz CT molecular complexity index is 2580. The summed E-state index contributed by atoms with van der Waals surface area (Å²) in [5.41, 5.74) is 5.68. The molecule has 18 nitrogen and oxygen atoms in total. The number of carbonyl (C=O) groups is 2. The van der Waals surface area contributed by atoms with E-state index in [0.717, 1.165) is 33.4 Å². The van der Waals surface area contributed by atoms with Crippen LogP contribution in [0.4, 0.5) is 0 Å². The predicted octanol–water partition coefficient (Wildman–Crippen LogP) is 5.82. The van der Waals surface area contributed by atoms with Gasteiger partial charge in [-0.25, -0.2) is 26.3 Å². The number of hydrogen-bond donors (Lipinski definition) is 4. The van der Waals surface area contributed by atoms with Gasteiger partial charge in [0.25, 0.3) is 0 Å². The summed E-state index contributed by atoms with van der Waals surface area (Å²) in [6.07, 6.45) is 0.0580. The molecule has 0 bridgehead atoms. The number of nitrogens with one attached hydrogen (secondary N) is 4. The summed E-state index contributed by atoms with van der Waals surface area (Å²) in [4.78, 5) is 28.9. The molecular formula is C52H68Cl4N6O12S2. The van der Waals surface area contributed by atoms with E-state index in [1.807, 2.05) is 38.4 Å². The third-order valence-corrected chi connectivity index (χ3v) is 16.4. The van der Waals surface area contributed by atoms with E-state index in [1.54, 1.807) is 48.5 Å². The van der Waals surface area contributed by atoms with E-state index < -0.39 is 20.0 Å². The summed E-state index contributed by atoms with van der Waals surface area (Å²) in [7, 11) is -3.58. The first-order valence-electron chi connectivity index (χ1n) is 25.0. The maximum absolute atomic E-state index is 13.1. The zero-order chi connectivity index (χ0) is 54.5. The standard InChI is InChI=1S/C52H68Cl4N6O12S2/c1-61-33-45(43-29-39(53)31-49(55)47(43)35-61)37-5-3-7-41(27-37)75(65,66)59-13-17-71-21-25-73-23-19-69-15-11-57-51(63)9-10-52(64)58-12-16-70-20-24-74-26-22-72-18-14-60-76(67,68)42-8-4-6-38(28-42)46-34-62(2)36-48-44(46)30-40(54)32-50(48)56/h3-8,27-32,45-46,59-60H,9-26,33-36H2,1-2H3,(H,57,63)(H,58,64). The number of nitrogens with zero attached hydrogens (tertiary/aromatic N) is 2. The third kappa shape index (κ3) is 19.7. The predicted molar refractivity (Wildman–Crippen MR) is 293 cm³/mol. The highest BCUT2D eigenvalue weighted by Crippen LogP contribution is 2.40. The topological polar surface area (TPSA) is 212 Å². The van der Waals surface area contributed by atoms with Crippen LogP contribution in [-0.4, -0.2) is 171 Å². The Morgan fingerprint density at radius 3 is 1.21 bits per heavy atom. The second kappa shape index (κ2) is 31.3. The maximum Gasteiger partial charge on any atom is 0.240 e. The molecule has 2 heterocycles. The fourth-order valence-corrected chi connectivity index (χ4v) is 12.0. The first-order valence-corrected chi connectivity index (χ1v) is 29.5. The van der Waals surface area contributed by atoms with Crippen LogP contribution < -0.4 is 20.1 Å². The van der Waals surface area contributed by atoms with Gasteiger partial charge < -0.3 is 48.9 Å². The molecule has 4 N–H and O–H groups in total. The Kier molecular flexibility index (Phi) is 25.4. The smallest absolute Gasteiger partial charge is 0.240 e. The molecule has 2 aliphatic heterocycles. The van der Waals surface area contributed by atoms with Crippen molar-refractivity contribution in [2.45, 2.75) is 47.6 Å². The van der Waals surface area contributed by atoms with Crippen LogP contribution in [0, 0.1) is 0 Å². The van der Waals surface area contributed by atoms with E-state index in [9.17, 15) is 26.4 Å². The van der Waals surface area contributed by atoms with Gasteiger partial charge in [0.2, 0.25) is 31.9 Å². The zero-order valence-corrected chi connectivity index (χ0v) is 47.4. The summed E-state index contributed by atoms with van der Waals surface area (Å²) < 4.78 is 90.8. The Morgan fingerprint density at radius 2 is 0.842 bits per heavy atom. The van der Waals surface area contributed by atoms with Crippen molar-refractivity contribution in [1.82, 2.24) is 29.9 Å². The van der Waals surface area contributed by atoms with Gasteiger partial charge in [-0.2, -0.15) is 0 Å². The van der Waals surface area contributed by atoms with Crippen molar-refractivity contribution in [3.05, 3.63) is 126 Å². The van der Waals surface area contributed by atoms with Crippen LogP contribution in [0.5, 0.6) is 0 Å². The van der Waals surface area contributed by atoms with Gasteiger partial charge in [0, 0.05) is 97.1 Å². The van der Waals surface area contributed by atoms with Crippen LogP contribution in [0.2, 0.25) is 20.1 Å². The Hall–Kier alpha value is -3.52. The van der Waals surface area contributed by atoms with Crippen molar-refractivity contribution in [2.75, 3.05) is 133 Å². The fourth-order valence-electron chi connectivity index (χ4n) is 8.73. The van der Waals surface area contributed by atoms with Crippen molar-refractivity contribution in [1.29, 1.82) is 0 Å². The van der Waals surface area contributed by atoms with Crippen LogP contribution in [0.25, 0.3) is 0 Å². The van der Waals surface area contributed by atoms with Crippen LogP contribution >= 0.6 is 46.4 Å². The van der Waals surface area contributed by atoms with Crippen molar-refractivity contribution in [3.63, 3.8) is 0 Å². The van der Waals surface area contributed by atoms with Gasteiger partial charge in [0.1, 0.15) is 0 Å². The SMILES string of the molecule is CN1Cc2c(Cl)cc(Cl)cc2C(c2cccc(S(=O)(=O)NCCOCCOCCOCCNC(=O)CCC(=O)NCCOCCOCCOCCNS(=O)(=O)c3cccc(C4CN(C)Cc5c(Cl)cc(Cl)cc54)c3)c2)C1. The van der Waals surface area contributed by atoms with Crippen molar-refractivity contribution < 1.29 is 54.8 Å². The molecule has 24 heteroatoms.